The number of likely N-dealkylation sites (tertiary alicyclic amines) is 1. The van der Waals surface area contributed by atoms with Crippen LogP contribution in [0.4, 0.5) is 0 Å². The van der Waals surface area contributed by atoms with Gasteiger partial charge in [-0.05, 0) is 32.7 Å². The van der Waals surface area contributed by atoms with Gasteiger partial charge in [-0.2, -0.15) is 0 Å². The molecule has 4 atom stereocenters. The Labute approximate surface area is 135 Å². The van der Waals surface area contributed by atoms with Crippen LogP contribution < -0.4 is 5.73 Å². The Morgan fingerprint density at radius 2 is 1.80 bits per heavy atom. The standard InChI is InChI=1S/C14H27N3O.2ClH/c1-4-16-8-7-12-5-6-13(9-16)17(12)14(18)10(2)11(3)15;;/h10-13H,4-9,15H2,1-3H3;2*1H. The van der Waals surface area contributed by atoms with Gasteiger partial charge in [0.2, 0.25) is 5.91 Å². The maximum Gasteiger partial charge on any atom is 0.227 e. The van der Waals surface area contributed by atoms with Crippen molar-refractivity contribution >= 4 is 30.7 Å². The number of hydrogen-bond donors (Lipinski definition) is 1. The molecule has 0 spiro atoms. The van der Waals surface area contributed by atoms with Gasteiger partial charge in [0.1, 0.15) is 0 Å². The summed E-state index contributed by atoms with van der Waals surface area (Å²) >= 11 is 0. The predicted molar refractivity (Wildman–Crippen MR) is 87.7 cm³/mol. The lowest BCUT2D eigenvalue weighted by Gasteiger charge is -2.32. The molecule has 2 rings (SSSR count). The highest BCUT2D eigenvalue weighted by Gasteiger charge is 2.41. The monoisotopic (exact) mass is 325 g/mol. The molecule has 2 fully saturated rings. The summed E-state index contributed by atoms with van der Waals surface area (Å²) in [4.78, 5) is 17.2. The van der Waals surface area contributed by atoms with Crippen LogP contribution in [0.15, 0.2) is 0 Å². The lowest BCUT2D eigenvalue weighted by molar-refractivity contribution is -0.138. The second-order valence-electron chi connectivity index (χ2n) is 5.96. The third-order valence-corrected chi connectivity index (χ3v) is 4.75. The van der Waals surface area contributed by atoms with Gasteiger partial charge in [-0.25, -0.2) is 0 Å². The van der Waals surface area contributed by atoms with Crippen molar-refractivity contribution in [3.8, 4) is 0 Å². The lowest BCUT2D eigenvalue weighted by atomic mass is 10.0. The molecule has 0 saturated carbocycles. The Balaban J connectivity index is 0.00000180. The van der Waals surface area contributed by atoms with E-state index in [1.807, 2.05) is 13.8 Å². The van der Waals surface area contributed by atoms with E-state index in [0.29, 0.717) is 12.1 Å². The fourth-order valence-electron chi connectivity index (χ4n) is 3.25. The summed E-state index contributed by atoms with van der Waals surface area (Å²) < 4.78 is 0. The molecule has 0 aromatic heterocycles. The van der Waals surface area contributed by atoms with Gasteiger partial charge in [-0.3, -0.25) is 4.79 Å². The molecule has 2 bridgehead atoms. The zero-order valence-electron chi connectivity index (χ0n) is 12.7. The van der Waals surface area contributed by atoms with Crippen molar-refractivity contribution in [2.45, 2.75) is 58.2 Å². The molecule has 2 saturated heterocycles. The minimum absolute atomic E-state index is 0. The van der Waals surface area contributed by atoms with Crippen molar-refractivity contribution in [3.63, 3.8) is 0 Å². The smallest absolute Gasteiger partial charge is 0.227 e. The highest BCUT2D eigenvalue weighted by molar-refractivity contribution is 5.85. The topological polar surface area (TPSA) is 49.6 Å². The number of halogens is 2. The zero-order valence-corrected chi connectivity index (χ0v) is 14.4. The summed E-state index contributed by atoms with van der Waals surface area (Å²) in [5, 5.41) is 0. The van der Waals surface area contributed by atoms with E-state index in [2.05, 4.69) is 16.7 Å². The van der Waals surface area contributed by atoms with Gasteiger partial charge in [0.25, 0.3) is 0 Å². The van der Waals surface area contributed by atoms with Gasteiger partial charge in [-0.15, -0.1) is 24.8 Å². The Bertz CT molecular complexity index is 315. The predicted octanol–water partition coefficient (Wildman–Crippen LogP) is 1.90. The van der Waals surface area contributed by atoms with E-state index in [0.717, 1.165) is 26.1 Å². The van der Waals surface area contributed by atoms with Gasteiger partial charge in [0, 0.05) is 31.2 Å². The number of nitrogens with two attached hydrogens (primary N) is 1. The van der Waals surface area contributed by atoms with E-state index >= 15 is 0 Å². The van der Waals surface area contributed by atoms with Gasteiger partial charge in [0.15, 0.2) is 0 Å². The fraction of sp³-hybridized carbons (Fsp3) is 0.929. The van der Waals surface area contributed by atoms with Crippen molar-refractivity contribution < 1.29 is 4.79 Å². The molecular weight excluding hydrogens is 297 g/mol. The van der Waals surface area contributed by atoms with Crippen molar-refractivity contribution in [1.29, 1.82) is 0 Å². The van der Waals surface area contributed by atoms with Gasteiger partial charge in [-0.1, -0.05) is 13.8 Å². The van der Waals surface area contributed by atoms with Crippen LogP contribution in [-0.4, -0.2) is 53.5 Å². The Hall–Kier alpha value is -0.0300. The quantitative estimate of drug-likeness (QED) is 0.862. The molecule has 6 heteroatoms. The number of rotatable bonds is 3. The summed E-state index contributed by atoms with van der Waals surface area (Å²) in [6.45, 7) is 9.37. The summed E-state index contributed by atoms with van der Waals surface area (Å²) in [6, 6.07) is 0.828. The van der Waals surface area contributed by atoms with Crippen molar-refractivity contribution in [1.82, 2.24) is 9.80 Å². The first-order valence-electron chi connectivity index (χ1n) is 7.34. The van der Waals surface area contributed by atoms with Crippen LogP contribution in [0, 0.1) is 5.92 Å². The number of carbonyl (C=O) groups excluding carboxylic acids is 1. The van der Waals surface area contributed by atoms with E-state index in [1.165, 1.54) is 12.8 Å². The third kappa shape index (κ3) is 4.00. The second kappa shape index (κ2) is 8.42. The number of nitrogens with zero attached hydrogens (tertiary/aromatic N) is 2. The summed E-state index contributed by atoms with van der Waals surface area (Å²) in [5.41, 5.74) is 5.89. The Kier molecular flexibility index (Phi) is 8.41. The second-order valence-corrected chi connectivity index (χ2v) is 5.96. The molecule has 4 nitrogen and oxygen atoms in total. The molecule has 0 radical (unpaired) electrons. The van der Waals surface area contributed by atoms with Crippen LogP contribution in [0.3, 0.4) is 0 Å². The normalized spacial score (nSPS) is 28.9. The first-order chi connectivity index (χ1) is 8.54. The highest BCUT2D eigenvalue weighted by atomic mass is 35.5. The molecule has 0 aromatic carbocycles. The average molecular weight is 326 g/mol. The van der Waals surface area contributed by atoms with Crippen LogP contribution in [0.2, 0.25) is 0 Å². The lowest BCUT2D eigenvalue weighted by Crippen LogP contribution is -2.48. The molecule has 120 valence electrons. The number of hydrogen-bond acceptors (Lipinski definition) is 3. The van der Waals surface area contributed by atoms with Crippen molar-refractivity contribution in [3.05, 3.63) is 0 Å². The average Bonchev–Trinajstić information content (AvgIpc) is 2.62. The van der Waals surface area contributed by atoms with Crippen LogP contribution in [0.25, 0.3) is 0 Å². The molecule has 0 aliphatic carbocycles. The van der Waals surface area contributed by atoms with E-state index in [1.54, 1.807) is 0 Å². The first-order valence-corrected chi connectivity index (χ1v) is 7.34. The maximum atomic E-state index is 12.6. The van der Waals surface area contributed by atoms with Gasteiger partial charge in [0.05, 0.1) is 5.92 Å². The molecule has 1 amide bonds. The van der Waals surface area contributed by atoms with E-state index in [4.69, 9.17) is 5.73 Å². The van der Waals surface area contributed by atoms with Crippen molar-refractivity contribution in [2.24, 2.45) is 11.7 Å². The molecule has 2 aliphatic rings. The Morgan fingerprint density at radius 1 is 1.20 bits per heavy atom. The SMILES string of the molecule is CCN1CCC2CCC(C1)N2C(=O)C(C)C(C)N.Cl.Cl. The Morgan fingerprint density at radius 3 is 2.35 bits per heavy atom. The molecular formula is C14H29Cl2N3O. The van der Waals surface area contributed by atoms with Gasteiger partial charge >= 0.3 is 0 Å². The molecule has 20 heavy (non-hydrogen) atoms. The first kappa shape index (κ1) is 20.0. The summed E-state index contributed by atoms with van der Waals surface area (Å²) in [7, 11) is 0. The van der Waals surface area contributed by atoms with Crippen LogP contribution in [-0.2, 0) is 4.79 Å². The largest absolute Gasteiger partial charge is 0.335 e. The third-order valence-electron chi connectivity index (χ3n) is 4.75. The minimum atomic E-state index is -0.0544. The van der Waals surface area contributed by atoms with E-state index in [9.17, 15) is 4.79 Å². The minimum Gasteiger partial charge on any atom is -0.335 e. The number of likely N-dealkylation sites (N-methyl/N-ethyl adjacent to an activating group) is 1. The molecule has 2 heterocycles. The maximum absolute atomic E-state index is 12.6. The summed E-state index contributed by atoms with van der Waals surface area (Å²) in [5.74, 6) is 0.219. The van der Waals surface area contributed by atoms with Crippen LogP contribution >= 0.6 is 24.8 Å². The van der Waals surface area contributed by atoms with Crippen molar-refractivity contribution in [2.75, 3.05) is 19.6 Å². The summed E-state index contributed by atoms with van der Waals surface area (Å²) in [6.07, 6.45) is 3.47. The number of carbonyl (C=O) groups is 1. The van der Waals surface area contributed by atoms with Gasteiger partial charge < -0.3 is 15.5 Å². The number of amides is 1. The molecule has 2 aliphatic heterocycles. The number of fused-ring (bicyclic) bond motifs is 2. The highest BCUT2D eigenvalue weighted by Crippen LogP contribution is 2.31. The fourth-order valence-corrected chi connectivity index (χ4v) is 3.25. The zero-order chi connectivity index (χ0) is 13.3. The van der Waals surface area contributed by atoms with E-state index < -0.39 is 0 Å². The molecule has 0 aromatic rings. The molecule has 4 unspecified atom stereocenters. The van der Waals surface area contributed by atoms with Crippen LogP contribution in [0.5, 0.6) is 0 Å². The molecule has 2 N–H and O–H groups in total. The van der Waals surface area contributed by atoms with Crippen LogP contribution in [0.1, 0.15) is 40.0 Å². The van der Waals surface area contributed by atoms with E-state index in [-0.39, 0.29) is 42.7 Å².